The standard InChI is InChI=1S/C14H16N2O3/c1-2-19-8-7-15-13-11(14(17)18)9-10-5-3-4-6-12(10)16-13/h3-6,9H,2,7-8H2,1H3,(H,15,16)(H,17,18). The van der Waals surface area contributed by atoms with Gasteiger partial charge in [-0.15, -0.1) is 0 Å². The molecule has 0 saturated carbocycles. The van der Waals surface area contributed by atoms with E-state index in [0.717, 1.165) is 10.9 Å². The maximum absolute atomic E-state index is 11.2. The molecular weight excluding hydrogens is 244 g/mol. The van der Waals surface area contributed by atoms with E-state index in [2.05, 4.69) is 10.3 Å². The summed E-state index contributed by atoms with van der Waals surface area (Å²) >= 11 is 0. The van der Waals surface area contributed by atoms with Crippen LogP contribution >= 0.6 is 0 Å². The highest BCUT2D eigenvalue weighted by Gasteiger charge is 2.12. The van der Waals surface area contributed by atoms with Crippen molar-refractivity contribution in [3.8, 4) is 0 Å². The average molecular weight is 260 g/mol. The first-order valence-corrected chi connectivity index (χ1v) is 6.17. The van der Waals surface area contributed by atoms with Crippen LogP contribution in [-0.2, 0) is 4.74 Å². The highest BCUT2D eigenvalue weighted by atomic mass is 16.5. The predicted octanol–water partition coefficient (Wildman–Crippen LogP) is 2.38. The Balaban J connectivity index is 2.28. The Morgan fingerprint density at radius 2 is 2.21 bits per heavy atom. The number of ether oxygens (including phenoxy) is 1. The number of carbonyl (C=O) groups is 1. The topological polar surface area (TPSA) is 71.5 Å². The largest absolute Gasteiger partial charge is 0.478 e. The van der Waals surface area contributed by atoms with Crippen molar-refractivity contribution in [1.82, 2.24) is 4.98 Å². The van der Waals surface area contributed by atoms with Crippen LogP contribution in [0, 0.1) is 0 Å². The molecule has 0 aliphatic rings. The minimum absolute atomic E-state index is 0.176. The van der Waals surface area contributed by atoms with Gasteiger partial charge >= 0.3 is 5.97 Å². The van der Waals surface area contributed by atoms with Crippen LogP contribution in [0.4, 0.5) is 5.82 Å². The van der Waals surface area contributed by atoms with Crippen molar-refractivity contribution in [2.24, 2.45) is 0 Å². The van der Waals surface area contributed by atoms with Gasteiger partial charge in [0.25, 0.3) is 0 Å². The fourth-order valence-electron chi connectivity index (χ4n) is 1.80. The molecule has 0 aliphatic carbocycles. The first kappa shape index (κ1) is 13.3. The van der Waals surface area contributed by atoms with E-state index < -0.39 is 5.97 Å². The summed E-state index contributed by atoms with van der Waals surface area (Å²) in [5.74, 6) is -0.608. The summed E-state index contributed by atoms with van der Waals surface area (Å²) in [6, 6.07) is 9.07. The molecule has 0 atom stereocenters. The van der Waals surface area contributed by atoms with Gasteiger partial charge in [-0.25, -0.2) is 9.78 Å². The lowest BCUT2D eigenvalue weighted by atomic mass is 10.1. The third-order valence-electron chi connectivity index (χ3n) is 2.70. The molecule has 19 heavy (non-hydrogen) atoms. The molecule has 0 saturated heterocycles. The van der Waals surface area contributed by atoms with Crippen molar-refractivity contribution >= 4 is 22.7 Å². The van der Waals surface area contributed by atoms with Gasteiger partial charge in [-0.2, -0.15) is 0 Å². The summed E-state index contributed by atoms with van der Waals surface area (Å²) in [5, 5.41) is 13.0. The van der Waals surface area contributed by atoms with Crippen LogP contribution in [0.25, 0.3) is 10.9 Å². The summed E-state index contributed by atoms with van der Waals surface area (Å²) in [6.45, 7) is 3.60. The first-order valence-electron chi connectivity index (χ1n) is 6.17. The second-order valence-corrected chi connectivity index (χ2v) is 4.01. The number of pyridine rings is 1. The Morgan fingerprint density at radius 1 is 1.42 bits per heavy atom. The van der Waals surface area contributed by atoms with E-state index in [-0.39, 0.29) is 5.56 Å². The molecule has 5 nitrogen and oxygen atoms in total. The van der Waals surface area contributed by atoms with Crippen molar-refractivity contribution in [1.29, 1.82) is 0 Å². The van der Waals surface area contributed by atoms with Crippen LogP contribution < -0.4 is 5.32 Å². The SMILES string of the molecule is CCOCCNc1nc2ccccc2cc1C(=O)O. The van der Waals surface area contributed by atoms with E-state index in [1.165, 1.54) is 0 Å². The molecular formula is C14H16N2O3. The van der Waals surface area contributed by atoms with E-state index in [0.29, 0.717) is 25.6 Å². The Labute approximate surface area is 111 Å². The third kappa shape index (κ3) is 3.20. The molecule has 0 radical (unpaired) electrons. The molecule has 0 bridgehead atoms. The molecule has 100 valence electrons. The summed E-state index contributed by atoms with van der Waals surface area (Å²) in [4.78, 5) is 15.6. The number of para-hydroxylation sites is 1. The fourth-order valence-corrected chi connectivity index (χ4v) is 1.80. The number of nitrogens with one attached hydrogen (secondary N) is 1. The van der Waals surface area contributed by atoms with Gasteiger partial charge in [0.1, 0.15) is 11.4 Å². The molecule has 1 aromatic heterocycles. The van der Waals surface area contributed by atoms with Gasteiger partial charge in [0.05, 0.1) is 12.1 Å². The van der Waals surface area contributed by atoms with Crippen LogP contribution in [0.3, 0.4) is 0 Å². The van der Waals surface area contributed by atoms with Crippen LogP contribution in [0.2, 0.25) is 0 Å². The second kappa shape index (κ2) is 6.15. The molecule has 0 aliphatic heterocycles. The lowest BCUT2D eigenvalue weighted by Crippen LogP contribution is -2.13. The molecule has 1 aromatic carbocycles. The number of carboxylic acid groups (broad SMARTS) is 1. The van der Waals surface area contributed by atoms with Crippen molar-refractivity contribution in [3.63, 3.8) is 0 Å². The molecule has 5 heteroatoms. The Morgan fingerprint density at radius 3 is 2.95 bits per heavy atom. The zero-order valence-electron chi connectivity index (χ0n) is 10.7. The van der Waals surface area contributed by atoms with Crippen LogP contribution in [0.15, 0.2) is 30.3 Å². The molecule has 1 heterocycles. The Kier molecular flexibility index (Phi) is 4.30. The molecule has 2 N–H and O–H groups in total. The molecule has 0 spiro atoms. The summed E-state index contributed by atoms with van der Waals surface area (Å²) < 4.78 is 5.21. The van der Waals surface area contributed by atoms with Gasteiger partial charge in [-0.1, -0.05) is 18.2 Å². The van der Waals surface area contributed by atoms with Gasteiger partial charge in [0, 0.05) is 18.5 Å². The fraction of sp³-hybridized carbons (Fsp3) is 0.286. The quantitative estimate of drug-likeness (QED) is 0.780. The normalized spacial score (nSPS) is 10.6. The summed E-state index contributed by atoms with van der Waals surface area (Å²) in [5.41, 5.74) is 0.946. The number of nitrogens with zero attached hydrogens (tertiary/aromatic N) is 1. The Bertz CT molecular complexity index is 584. The van der Waals surface area contributed by atoms with Crippen molar-refractivity contribution < 1.29 is 14.6 Å². The van der Waals surface area contributed by atoms with Crippen molar-refractivity contribution in [2.75, 3.05) is 25.1 Å². The highest BCUT2D eigenvalue weighted by molar-refractivity contribution is 5.98. The maximum atomic E-state index is 11.2. The lowest BCUT2D eigenvalue weighted by Gasteiger charge is -2.10. The average Bonchev–Trinajstić information content (AvgIpc) is 2.42. The zero-order valence-corrected chi connectivity index (χ0v) is 10.7. The molecule has 2 aromatic rings. The predicted molar refractivity (Wildman–Crippen MR) is 73.7 cm³/mol. The first-order chi connectivity index (χ1) is 9.22. The summed E-state index contributed by atoms with van der Waals surface area (Å²) in [6.07, 6.45) is 0. The number of anilines is 1. The zero-order chi connectivity index (χ0) is 13.7. The molecule has 0 fully saturated rings. The smallest absolute Gasteiger partial charge is 0.339 e. The highest BCUT2D eigenvalue weighted by Crippen LogP contribution is 2.20. The van der Waals surface area contributed by atoms with Crippen molar-refractivity contribution in [3.05, 3.63) is 35.9 Å². The number of benzene rings is 1. The minimum Gasteiger partial charge on any atom is -0.478 e. The molecule has 0 amide bonds. The molecule has 0 unspecified atom stereocenters. The second-order valence-electron chi connectivity index (χ2n) is 4.01. The monoisotopic (exact) mass is 260 g/mol. The third-order valence-corrected chi connectivity index (χ3v) is 2.70. The van der Waals surface area contributed by atoms with E-state index in [1.54, 1.807) is 6.07 Å². The van der Waals surface area contributed by atoms with Crippen molar-refractivity contribution in [2.45, 2.75) is 6.92 Å². The van der Waals surface area contributed by atoms with Gasteiger partial charge in [0.2, 0.25) is 0 Å². The van der Waals surface area contributed by atoms with Crippen LogP contribution in [0.5, 0.6) is 0 Å². The number of aromatic carboxylic acids is 1. The number of fused-ring (bicyclic) bond motifs is 1. The maximum Gasteiger partial charge on any atom is 0.339 e. The number of carboxylic acids is 1. The number of hydrogen-bond acceptors (Lipinski definition) is 4. The number of aromatic nitrogens is 1. The van der Waals surface area contributed by atoms with Crippen LogP contribution in [-0.4, -0.2) is 35.8 Å². The van der Waals surface area contributed by atoms with E-state index in [1.807, 2.05) is 31.2 Å². The van der Waals surface area contributed by atoms with Gasteiger partial charge in [-0.05, 0) is 19.1 Å². The van der Waals surface area contributed by atoms with Gasteiger partial charge in [-0.3, -0.25) is 0 Å². The van der Waals surface area contributed by atoms with E-state index in [9.17, 15) is 9.90 Å². The van der Waals surface area contributed by atoms with Crippen LogP contribution in [0.1, 0.15) is 17.3 Å². The van der Waals surface area contributed by atoms with Gasteiger partial charge in [0.15, 0.2) is 0 Å². The van der Waals surface area contributed by atoms with E-state index in [4.69, 9.17) is 4.74 Å². The minimum atomic E-state index is -0.989. The van der Waals surface area contributed by atoms with E-state index >= 15 is 0 Å². The lowest BCUT2D eigenvalue weighted by molar-refractivity contribution is 0.0697. The molecule has 2 rings (SSSR count). The Hall–Kier alpha value is -2.14. The number of rotatable bonds is 6. The summed E-state index contributed by atoms with van der Waals surface area (Å²) in [7, 11) is 0. The number of hydrogen-bond donors (Lipinski definition) is 2. The van der Waals surface area contributed by atoms with Gasteiger partial charge < -0.3 is 15.2 Å².